The van der Waals surface area contributed by atoms with Gasteiger partial charge in [-0.15, -0.1) is 0 Å². The third-order valence-corrected chi connectivity index (χ3v) is 3.61. The van der Waals surface area contributed by atoms with E-state index in [2.05, 4.69) is 5.32 Å². The summed E-state index contributed by atoms with van der Waals surface area (Å²) in [5.41, 5.74) is 1.87. The third kappa shape index (κ3) is 2.77. The molecule has 0 aromatic heterocycles. The molecule has 0 aliphatic rings. The minimum Gasteiger partial charge on any atom is -0.309 e. The maximum Gasteiger partial charge on any atom is 0.128 e. The first-order chi connectivity index (χ1) is 9.04. The molecule has 1 atom stereocenters. The second kappa shape index (κ2) is 5.68. The highest BCUT2D eigenvalue weighted by atomic mass is 35.5. The first kappa shape index (κ1) is 14.0. The van der Waals surface area contributed by atoms with Crippen molar-refractivity contribution in [1.29, 1.82) is 0 Å². The molecule has 1 nitrogen and oxygen atoms in total. The van der Waals surface area contributed by atoms with Crippen molar-refractivity contribution < 1.29 is 8.78 Å². The average Bonchev–Trinajstić information content (AvgIpc) is 2.39. The van der Waals surface area contributed by atoms with Crippen LogP contribution >= 0.6 is 11.6 Å². The summed E-state index contributed by atoms with van der Waals surface area (Å²) in [5.74, 6) is -0.932. The Morgan fingerprint density at radius 1 is 1.11 bits per heavy atom. The highest BCUT2D eigenvalue weighted by molar-refractivity contribution is 6.32. The predicted octanol–water partition coefficient (Wildman–Crippen LogP) is 4.24. The molecule has 2 aromatic carbocycles. The highest BCUT2D eigenvalue weighted by Gasteiger charge is 2.19. The number of hydrogen-bond acceptors (Lipinski definition) is 1. The van der Waals surface area contributed by atoms with Crippen LogP contribution in [0.2, 0.25) is 5.02 Å². The van der Waals surface area contributed by atoms with Crippen molar-refractivity contribution in [1.82, 2.24) is 5.32 Å². The molecule has 4 heteroatoms. The van der Waals surface area contributed by atoms with Crippen LogP contribution in [-0.4, -0.2) is 7.05 Å². The second-order valence-corrected chi connectivity index (χ2v) is 4.74. The zero-order valence-electron chi connectivity index (χ0n) is 10.7. The van der Waals surface area contributed by atoms with Gasteiger partial charge in [-0.05, 0) is 43.3 Å². The fraction of sp³-hybridized carbons (Fsp3) is 0.200. The average molecular weight is 282 g/mol. The molecule has 19 heavy (non-hydrogen) atoms. The van der Waals surface area contributed by atoms with Gasteiger partial charge in [0.1, 0.15) is 11.6 Å². The maximum atomic E-state index is 13.9. The number of rotatable bonds is 3. The van der Waals surface area contributed by atoms with Crippen molar-refractivity contribution in [2.45, 2.75) is 13.0 Å². The molecule has 0 saturated carbocycles. The van der Waals surface area contributed by atoms with E-state index in [-0.39, 0.29) is 5.56 Å². The van der Waals surface area contributed by atoms with Gasteiger partial charge in [0.2, 0.25) is 0 Å². The summed E-state index contributed by atoms with van der Waals surface area (Å²) in [6, 6.07) is 8.46. The van der Waals surface area contributed by atoms with E-state index in [4.69, 9.17) is 11.6 Å². The zero-order chi connectivity index (χ0) is 14.0. The van der Waals surface area contributed by atoms with Crippen molar-refractivity contribution in [2.24, 2.45) is 0 Å². The van der Waals surface area contributed by atoms with Crippen LogP contribution in [0.25, 0.3) is 0 Å². The monoisotopic (exact) mass is 281 g/mol. The van der Waals surface area contributed by atoms with E-state index in [1.165, 1.54) is 6.07 Å². The van der Waals surface area contributed by atoms with Crippen LogP contribution in [0.3, 0.4) is 0 Å². The van der Waals surface area contributed by atoms with E-state index in [0.29, 0.717) is 5.02 Å². The number of halogens is 3. The maximum absolute atomic E-state index is 13.9. The molecule has 0 heterocycles. The first-order valence-electron chi connectivity index (χ1n) is 5.92. The van der Waals surface area contributed by atoms with E-state index in [9.17, 15) is 8.78 Å². The Hall–Kier alpha value is -1.45. The van der Waals surface area contributed by atoms with Gasteiger partial charge in [0.25, 0.3) is 0 Å². The van der Waals surface area contributed by atoms with Crippen molar-refractivity contribution >= 4 is 11.6 Å². The van der Waals surface area contributed by atoms with Gasteiger partial charge in [0.05, 0.1) is 6.04 Å². The summed E-state index contributed by atoms with van der Waals surface area (Å²) in [6.07, 6.45) is 0. The molecular formula is C15H14ClF2N. The first-order valence-corrected chi connectivity index (χ1v) is 6.29. The van der Waals surface area contributed by atoms with E-state index >= 15 is 0 Å². The van der Waals surface area contributed by atoms with E-state index in [0.717, 1.165) is 23.3 Å². The molecule has 2 aromatic rings. The van der Waals surface area contributed by atoms with Gasteiger partial charge in [-0.3, -0.25) is 0 Å². The Kier molecular flexibility index (Phi) is 4.17. The van der Waals surface area contributed by atoms with Gasteiger partial charge in [-0.1, -0.05) is 29.8 Å². The minimum atomic E-state index is -0.483. The SMILES string of the molecule is CNC(c1cc(F)ccc1F)c1cccc(C)c1Cl. The summed E-state index contributed by atoms with van der Waals surface area (Å²) < 4.78 is 27.2. The smallest absolute Gasteiger partial charge is 0.128 e. The molecule has 0 amide bonds. The Morgan fingerprint density at radius 3 is 2.53 bits per heavy atom. The molecule has 0 aliphatic heterocycles. The molecule has 1 N–H and O–H groups in total. The molecule has 0 bridgehead atoms. The normalized spacial score (nSPS) is 12.5. The zero-order valence-corrected chi connectivity index (χ0v) is 11.4. The number of aryl methyl sites for hydroxylation is 1. The van der Waals surface area contributed by atoms with Crippen molar-refractivity contribution in [3.63, 3.8) is 0 Å². The van der Waals surface area contributed by atoms with Crippen LogP contribution in [0.5, 0.6) is 0 Å². The summed E-state index contributed by atoms with van der Waals surface area (Å²) in [5, 5.41) is 3.54. The topological polar surface area (TPSA) is 12.0 Å². The standard InChI is InChI=1S/C15H14ClF2N/c1-9-4-3-5-11(14(9)16)15(19-2)12-8-10(17)6-7-13(12)18/h3-8,15,19H,1-2H3. The van der Waals surface area contributed by atoms with Crippen molar-refractivity contribution in [3.8, 4) is 0 Å². The minimum absolute atomic E-state index is 0.245. The number of hydrogen-bond donors (Lipinski definition) is 1. The molecule has 2 rings (SSSR count). The van der Waals surface area contributed by atoms with Crippen LogP contribution < -0.4 is 5.32 Å². The van der Waals surface area contributed by atoms with Crippen molar-refractivity contribution in [2.75, 3.05) is 7.05 Å². The van der Waals surface area contributed by atoms with Crippen LogP contribution in [0.4, 0.5) is 8.78 Å². The third-order valence-electron chi connectivity index (χ3n) is 3.09. The quantitative estimate of drug-likeness (QED) is 0.887. The predicted molar refractivity (Wildman–Crippen MR) is 73.4 cm³/mol. The lowest BCUT2D eigenvalue weighted by molar-refractivity contribution is 0.558. The van der Waals surface area contributed by atoms with Crippen LogP contribution in [0, 0.1) is 18.6 Å². The lowest BCUT2D eigenvalue weighted by Gasteiger charge is -2.20. The summed E-state index contributed by atoms with van der Waals surface area (Å²) >= 11 is 6.25. The summed E-state index contributed by atoms with van der Waals surface area (Å²) in [6.45, 7) is 1.88. The van der Waals surface area contributed by atoms with E-state index in [1.807, 2.05) is 19.1 Å². The largest absolute Gasteiger partial charge is 0.309 e. The number of benzene rings is 2. The lowest BCUT2D eigenvalue weighted by Crippen LogP contribution is -2.19. The van der Waals surface area contributed by atoms with Gasteiger partial charge in [-0.2, -0.15) is 0 Å². The molecule has 0 fully saturated rings. The Bertz CT molecular complexity index is 597. The molecule has 0 spiro atoms. The number of nitrogens with one attached hydrogen (secondary N) is 1. The lowest BCUT2D eigenvalue weighted by atomic mass is 9.97. The molecule has 0 radical (unpaired) electrons. The van der Waals surface area contributed by atoms with E-state index in [1.54, 1.807) is 13.1 Å². The Labute approximate surface area is 116 Å². The van der Waals surface area contributed by atoms with Gasteiger partial charge < -0.3 is 5.32 Å². The molecule has 0 saturated heterocycles. The van der Waals surface area contributed by atoms with Crippen LogP contribution in [0.1, 0.15) is 22.7 Å². The van der Waals surface area contributed by atoms with Crippen molar-refractivity contribution in [3.05, 3.63) is 69.7 Å². The fourth-order valence-electron chi connectivity index (χ4n) is 2.11. The highest BCUT2D eigenvalue weighted by Crippen LogP contribution is 2.31. The summed E-state index contributed by atoms with van der Waals surface area (Å²) in [4.78, 5) is 0. The molecule has 1 unspecified atom stereocenters. The fourth-order valence-corrected chi connectivity index (χ4v) is 2.34. The molecular weight excluding hydrogens is 268 g/mol. The Balaban J connectivity index is 2.56. The second-order valence-electron chi connectivity index (χ2n) is 4.37. The molecule has 0 aliphatic carbocycles. The molecule has 100 valence electrons. The summed E-state index contributed by atoms with van der Waals surface area (Å²) in [7, 11) is 1.69. The Morgan fingerprint density at radius 2 is 1.84 bits per heavy atom. The van der Waals surface area contributed by atoms with Gasteiger partial charge in [0.15, 0.2) is 0 Å². The van der Waals surface area contributed by atoms with Crippen LogP contribution in [-0.2, 0) is 0 Å². The van der Waals surface area contributed by atoms with Gasteiger partial charge in [0, 0.05) is 10.6 Å². The van der Waals surface area contributed by atoms with Gasteiger partial charge >= 0.3 is 0 Å². The van der Waals surface area contributed by atoms with Crippen LogP contribution in [0.15, 0.2) is 36.4 Å². The van der Waals surface area contributed by atoms with E-state index < -0.39 is 17.7 Å². The van der Waals surface area contributed by atoms with Gasteiger partial charge in [-0.25, -0.2) is 8.78 Å².